The first kappa shape index (κ1) is 18.3. The van der Waals surface area contributed by atoms with Crippen LogP contribution < -0.4 is 16.4 Å². The molecule has 4 N–H and O–H groups in total. The molecule has 0 aromatic heterocycles. The molecule has 0 aliphatic carbocycles. The molecule has 0 unspecified atom stereocenters. The molecule has 0 heterocycles. The molecule has 0 saturated carbocycles. The average Bonchev–Trinajstić information content (AvgIpc) is 2.66. The van der Waals surface area contributed by atoms with E-state index in [2.05, 4.69) is 10.6 Å². The van der Waals surface area contributed by atoms with Crippen LogP contribution in [0.3, 0.4) is 0 Å². The van der Waals surface area contributed by atoms with Gasteiger partial charge >= 0.3 is 0 Å². The minimum absolute atomic E-state index is 0.161. The van der Waals surface area contributed by atoms with E-state index in [0.717, 1.165) is 16.3 Å². The predicted molar refractivity (Wildman–Crippen MR) is 112 cm³/mol. The molecular weight excluding hydrogens is 358 g/mol. The molecule has 0 aliphatic rings. The molecule has 0 atom stereocenters. The standard InChI is InChI=1S/C21H17N3O2S/c22-20(26)16-8-11-17(12-9-16)23-21(27)24-19(25)13-10-15-6-3-5-14-4-1-2-7-18(14)15/h1-13H,(H2,22,26)(H2,23,24,25,27)/b13-10+. The first-order valence-electron chi connectivity index (χ1n) is 8.20. The summed E-state index contributed by atoms with van der Waals surface area (Å²) < 4.78 is 0. The van der Waals surface area contributed by atoms with Crippen LogP contribution in [0, 0.1) is 0 Å². The molecule has 27 heavy (non-hydrogen) atoms. The van der Waals surface area contributed by atoms with Gasteiger partial charge < -0.3 is 11.1 Å². The Morgan fingerprint density at radius 2 is 1.63 bits per heavy atom. The normalized spacial score (nSPS) is 10.7. The third kappa shape index (κ3) is 4.77. The molecule has 0 bridgehead atoms. The van der Waals surface area contributed by atoms with Crippen LogP contribution in [0.5, 0.6) is 0 Å². The second kappa shape index (κ2) is 8.25. The summed E-state index contributed by atoms with van der Waals surface area (Å²) in [6.07, 6.45) is 3.19. The van der Waals surface area contributed by atoms with Crippen LogP contribution in [0.2, 0.25) is 0 Å². The third-order valence-corrected chi connectivity index (χ3v) is 4.11. The van der Waals surface area contributed by atoms with Crippen LogP contribution in [0.25, 0.3) is 16.8 Å². The minimum Gasteiger partial charge on any atom is -0.366 e. The largest absolute Gasteiger partial charge is 0.366 e. The van der Waals surface area contributed by atoms with Crippen molar-refractivity contribution < 1.29 is 9.59 Å². The number of hydrogen-bond donors (Lipinski definition) is 3. The van der Waals surface area contributed by atoms with Crippen molar-refractivity contribution >= 4 is 51.7 Å². The summed E-state index contributed by atoms with van der Waals surface area (Å²) in [5.74, 6) is -0.842. The quantitative estimate of drug-likeness (QED) is 0.482. The molecule has 0 fully saturated rings. The van der Waals surface area contributed by atoms with E-state index in [1.807, 2.05) is 42.5 Å². The Kier molecular flexibility index (Phi) is 5.58. The second-order valence-corrected chi connectivity index (χ2v) is 6.19. The van der Waals surface area contributed by atoms with Gasteiger partial charge in [-0.25, -0.2) is 0 Å². The molecule has 0 radical (unpaired) electrons. The highest BCUT2D eigenvalue weighted by Crippen LogP contribution is 2.19. The maximum absolute atomic E-state index is 12.1. The fraction of sp³-hybridized carbons (Fsp3) is 0. The zero-order valence-corrected chi connectivity index (χ0v) is 15.1. The van der Waals surface area contributed by atoms with Crippen LogP contribution in [-0.2, 0) is 4.79 Å². The number of thiocarbonyl (C=S) groups is 1. The number of hydrogen-bond acceptors (Lipinski definition) is 3. The zero-order chi connectivity index (χ0) is 19.2. The van der Waals surface area contributed by atoms with Crippen LogP contribution in [0.15, 0.2) is 72.8 Å². The smallest absolute Gasteiger partial charge is 0.250 e. The van der Waals surface area contributed by atoms with Gasteiger partial charge in [-0.3, -0.25) is 14.9 Å². The van der Waals surface area contributed by atoms with E-state index >= 15 is 0 Å². The molecule has 5 nitrogen and oxygen atoms in total. The van der Waals surface area contributed by atoms with Gasteiger partial charge in [0.15, 0.2) is 5.11 Å². The molecule has 3 aromatic rings. The van der Waals surface area contributed by atoms with Gasteiger partial charge in [0.25, 0.3) is 0 Å². The van der Waals surface area contributed by atoms with Gasteiger partial charge in [0, 0.05) is 17.3 Å². The molecule has 3 rings (SSSR count). The molecule has 6 heteroatoms. The number of carbonyl (C=O) groups excluding carboxylic acids is 2. The Labute approximate surface area is 161 Å². The summed E-state index contributed by atoms with van der Waals surface area (Å²) in [5.41, 5.74) is 7.18. The van der Waals surface area contributed by atoms with Crippen molar-refractivity contribution in [3.8, 4) is 0 Å². The zero-order valence-electron chi connectivity index (χ0n) is 14.3. The lowest BCUT2D eigenvalue weighted by molar-refractivity contribution is -0.115. The Bertz CT molecular complexity index is 1040. The molecule has 2 amide bonds. The van der Waals surface area contributed by atoms with E-state index in [-0.39, 0.29) is 11.0 Å². The monoisotopic (exact) mass is 375 g/mol. The number of carbonyl (C=O) groups is 2. The summed E-state index contributed by atoms with van der Waals surface area (Å²) in [6.45, 7) is 0. The highest BCUT2D eigenvalue weighted by atomic mass is 32.1. The lowest BCUT2D eigenvalue weighted by atomic mass is 10.0. The van der Waals surface area contributed by atoms with Gasteiger partial charge in [-0.05, 0) is 58.9 Å². The molecule has 0 spiro atoms. The van der Waals surface area contributed by atoms with Crippen LogP contribution in [0.1, 0.15) is 15.9 Å². The topological polar surface area (TPSA) is 84.2 Å². The summed E-state index contributed by atoms with van der Waals surface area (Å²) in [7, 11) is 0. The van der Waals surface area contributed by atoms with Gasteiger partial charge in [0.1, 0.15) is 0 Å². The van der Waals surface area contributed by atoms with E-state index < -0.39 is 5.91 Å². The summed E-state index contributed by atoms with van der Waals surface area (Å²) in [6, 6.07) is 20.4. The Morgan fingerprint density at radius 1 is 0.926 bits per heavy atom. The molecule has 3 aromatic carbocycles. The van der Waals surface area contributed by atoms with E-state index in [1.54, 1.807) is 30.3 Å². The number of nitrogens with two attached hydrogens (primary N) is 1. The Morgan fingerprint density at radius 3 is 2.37 bits per heavy atom. The number of benzene rings is 3. The minimum atomic E-state index is -0.504. The maximum atomic E-state index is 12.1. The van der Waals surface area contributed by atoms with Crippen molar-refractivity contribution in [2.24, 2.45) is 5.73 Å². The van der Waals surface area contributed by atoms with Crippen molar-refractivity contribution in [3.05, 3.63) is 83.9 Å². The van der Waals surface area contributed by atoms with E-state index in [4.69, 9.17) is 18.0 Å². The highest BCUT2D eigenvalue weighted by molar-refractivity contribution is 7.80. The number of nitrogens with one attached hydrogen (secondary N) is 2. The van der Waals surface area contributed by atoms with E-state index in [1.165, 1.54) is 6.08 Å². The number of fused-ring (bicyclic) bond motifs is 1. The van der Waals surface area contributed by atoms with Crippen LogP contribution >= 0.6 is 12.2 Å². The van der Waals surface area contributed by atoms with Crippen molar-refractivity contribution in [2.45, 2.75) is 0 Å². The van der Waals surface area contributed by atoms with Crippen molar-refractivity contribution in [1.82, 2.24) is 5.32 Å². The summed E-state index contributed by atoms with van der Waals surface area (Å²) in [4.78, 5) is 23.2. The third-order valence-electron chi connectivity index (χ3n) is 3.90. The second-order valence-electron chi connectivity index (χ2n) is 5.79. The maximum Gasteiger partial charge on any atom is 0.250 e. The number of anilines is 1. The lowest BCUT2D eigenvalue weighted by Gasteiger charge is -2.08. The van der Waals surface area contributed by atoms with Crippen LogP contribution in [0.4, 0.5) is 5.69 Å². The SMILES string of the molecule is NC(=O)c1ccc(NC(=S)NC(=O)/C=C/c2cccc3ccccc23)cc1. The summed E-state index contributed by atoms with van der Waals surface area (Å²) >= 11 is 5.14. The number of primary amides is 1. The molecule has 134 valence electrons. The van der Waals surface area contributed by atoms with Crippen molar-refractivity contribution in [2.75, 3.05) is 5.32 Å². The summed E-state index contributed by atoms with van der Waals surface area (Å²) in [5, 5.41) is 7.81. The van der Waals surface area contributed by atoms with E-state index in [0.29, 0.717) is 11.3 Å². The molecular formula is C21H17N3O2S. The van der Waals surface area contributed by atoms with Gasteiger partial charge in [0.2, 0.25) is 11.8 Å². The first-order chi connectivity index (χ1) is 13.0. The van der Waals surface area contributed by atoms with Crippen molar-refractivity contribution in [1.29, 1.82) is 0 Å². The number of amides is 2. The first-order valence-corrected chi connectivity index (χ1v) is 8.61. The van der Waals surface area contributed by atoms with Gasteiger partial charge in [-0.1, -0.05) is 42.5 Å². The lowest BCUT2D eigenvalue weighted by Crippen LogP contribution is -2.32. The molecule has 0 saturated heterocycles. The van der Waals surface area contributed by atoms with E-state index in [9.17, 15) is 9.59 Å². The fourth-order valence-corrected chi connectivity index (χ4v) is 2.81. The predicted octanol–water partition coefficient (Wildman–Crippen LogP) is 3.47. The molecule has 0 aliphatic heterocycles. The number of rotatable bonds is 4. The van der Waals surface area contributed by atoms with Gasteiger partial charge in [-0.15, -0.1) is 0 Å². The Balaban J connectivity index is 1.62. The van der Waals surface area contributed by atoms with Gasteiger partial charge in [0.05, 0.1) is 0 Å². The van der Waals surface area contributed by atoms with Crippen LogP contribution in [-0.4, -0.2) is 16.9 Å². The average molecular weight is 375 g/mol. The van der Waals surface area contributed by atoms with Gasteiger partial charge in [-0.2, -0.15) is 0 Å². The Hall–Kier alpha value is -3.51. The highest BCUT2D eigenvalue weighted by Gasteiger charge is 2.04. The van der Waals surface area contributed by atoms with Crippen molar-refractivity contribution in [3.63, 3.8) is 0 Å². The fourth-order valence-electron chi connectivity index (χ4n) is 2.59.